The van der Waals surface area contributed by atoms with Gasteiger partial charge in [-0.25, -0.2) is 0 Å². The Morgan fingerprint density at radius 2 is 2.12 bits per heavy atom. The van der Waals surface area contributed by atoms with Crippen LogP contribution >= 0.6 is 0 Å². The molecule has 0 unspecified atom stereocenters. The number of hydrogen-bond donors (Lipinski definition) is 2. The molecule has 2 rings (SSSR count). The molecule has 0 spiro atoms. The van der Waals surface area contributed by atoms with Crippen molar-refractivity contribution in [2.75, 3.05) is 26.2 Å². The van der Waals surface area contributed by atoms with Crippen LogP contribution < -0.4 is 10.6 Å². The quantitative estimate of drug-likeness (QED) is 0.728. The van der Waals surface area contributed by atoms with Gasteiger partial charge in [0.15, 0.2) is 0 Å². The van der Waals surface area contributed by atoms with E-state index in [9.17, 15) is 4.79 Å². The lowest BCUT2D eigenvalue weighted by molar-refractivity contribution is -0.125. The van der Waals surface area contributed by atoms with Crippen LogP contribution in [0.1, 0.15) is 32.6 Å². The highest BCUT2D eigenvalue weighted by Gasteiger charge is 2.28. The number of hydrogen-bond acceptors (Lipinski definition) is 3. The van der Waals surface area contributed by atoms with Crippen molar-refractivity contribution in [2.45, 2.75) is 44.7 Å². The van der Waals surface area contributed by atoms with Gasteiger partial charge in [0.25, 0.3) is 0 Å². The van der Waals surface area contributed by atoms with Gasteiger partial charge in [-0.1, -0.05) is 6.92 Å². The number of carbonyl (C=O) groups is 1. The minimum Gasteiger partial charge on any atom is -0.354 e. The molecule has 1 heterocycles. The van der Waals surface area contributed by atoms with Crippen LogP contribution in [-0.2, 0) is 4.79 Å². The lowest BCUT2D eigenvalue weighted by atomic mass is 9.90. The molecular formula is C12H23N3O. The van der Waals surface area contributed by atoms with Gasteiger partial charge in [-0.2, -0.15) is 0 Å². The lowest BCUT2D eigenvalue weighted by Gasteiger charge is -2.38. The van der Waals surface area contributed by atoms with Crippen molar-refractivity contribution in [1.29, 1.82) is 0 Å². The first-order chi connectivity index (χ1) is 7.79. The zero-order chi connectivity index (χ0) is 11.4. The third-order valence-electron chi connectivity index (χ3n) is 3.77. The second kappa shape index (κ2) is 5.64. The Kier molecular flexibility index (Phi) is 4.18. The summed E-state index contributed by atoms with van der Waals surface area (Å²) in [4.78, 5) is 13.7. The Hall–Kier alpha value is -0.610. The monoisotopic (exact) mass is 225 g/mol. The van der Waals surface area contributed by atoms with Crippen LogP contribution in [-0.4, -0.2) is 49.1 Å². The topological polar surface area (TPSA) is 44.4 Å². The molecule has 0 atom stereocenters. The van der Waals surface area contributed by atoms with Crippen molar-refractivity contribution in [1.82, 2.24) is 15.5 Å². The van der Waals surface area contributed by atoms with Crippen LogP contribution in [0.3, 0.4) is 0 Å². The molecule has 1 saturated heterocycles. The smallest absolute Gasteiger partial charge is 0.234 e. The van der Waals surface area contributed by atoms with E-state index >= 15 is 0 Å². The van der Waals surface area contributed by atoms with Gasteiger partial charge in [0, 0.05) is 25.2 Å². The van der Waals surface area contributed by atoms with E-state index in [4.69, 9.17) is 0 Å². The molecule has 2 aliphatic rings. The summed E-state index contributed by atoms with van der Waals surface area (Å²) < 4.78 is 0. The molecule has 0 aromatic heterocycles. The minimum absolute atomic E-state index is 0.194. The minimum atomic E-state index is 0.194. The largest absolute Gasteiger partial charge is 0.354 e. The summed E-state index contributed by atoms with van der Waals surface area (Å²) in [5, 5.41) is 6.41. The maximum absolute atomic E-state index is 11.3. The van der Waals surface area contributed by atoms with Crippen LogP contribution in [0.15, 0.2) is 0 Å². The first-order valence-electron chi connectivity index (χ1n) is 6.53. The van der Waals surface area contributed by atoms with Crippen LogP contribution in [0, 0.1) is 0 Å². The zero-order valence-electron chi connectivity index (χ0n) is 10.2. The molecule has 2 N–H and O–H groups in total. The van der Waals surface area contributed by atoms with Crippen LogP contribution in [0.2, 0.25) is 0 Å². The van der Waals surface area contributed by atoms with Gasteiger partial charge >= 0.3 is 0 Å². The van der Waals surface area contributed by atoms with E-state index in [0.29, 0.717) is 18.6 Å². The van der Waals surface area contributed by atoms with Crippen molar-refractivity contribution in [3.05, 3.63) is 0 Å². The second-order valence-electron chi connectivity index (χ2n) is 4.88. The summed E-state index contributed by atoms with van der Waals surface area (Å²) in [6.07, 6.45) is 5.00. The number of nitrogens with zero attached hydrogens (tertiary/aromatic N) is 1. The molecule has 1 amide bonds. The fourth-order valence-corrected chi connectivity index (χ4v) is 2.90. The summed E-state index contributed by atoms with van der Waals surface area (Å²) in [7, 11) is 0. The van der Waals surface area contributed by atoms with Crippen LogP contribution in [0.5, 0.6) is 0 Å². The van der Waals surface area contributed by atoms with E-state index in [2.05, 4.69) is 22.5 Å². The summed E-state index contributed by atoms with van der Waals surface area (Å²) >= 11 is 0. The Bertz CT molecular complexity index is 236. The standard InChI is InChI=1S/C12H23N3O/c1-2-13-10-3-5-11(6-4-10)15-8-7-14-12(16)9-15/h10-11,13H,2-9H2,1H3,(H,14,16). The molecule has 16 heavy (non-hydrogen) atoms. The summed E-state index contributed by atoms with van der Waals surface area (Å²) in [5.74, 6) is 0.194. The number of piperazine rings is 1. The predicted octanol–water partition coefficient (Wildman–Crippen LogP) is 0.339. The fourth-order valence-electron chi connectivity index (χ4n) is 2.90. The third-order valence-corrected chi connectivity index (χ3v) is 3.77. The molecule has 4 heteroatoms. The Labute approximate surface area is 97.8 Å². The van der Waals surface area contributed by atoms with E-state index in [1.54, 1.807) is 0 Å². The molecule has 92 valence electrons. The average molecular weight is 225 g/mol. The number of nitrogens with one attached hydrogen (secondary N) is 2. The lowest BCUT2D eigenvalue weighted by Crippen LogP contribution is -2.53. The van der Waals surface area contributed by atoms with Gasteiger partial charge in [-0.3, -0.25) is 9.69 Å². The molecular weight excluding hydrogens is 202 g/mol. The van der Waals surface area contributed by atoms with Crippen molar-refractivity contribution in [3.8, 4) is 0 Å². The second-order valence-corrected chi connectivity index (χ2v) is 4.88. The Morgan fingerprint density at radius 1 is 1.38 bits per heavy atom. The number of carbonyl (C=O) groups excluding carboxylic acids is 1. The Morgan fingerprint density at radius 3 is 2.75 bits per heavy atom. The van der Waals surface area contributed by atoms with Crippen molar-refractivity contribution < 1.29 is 4.79 Å². The highest BCUT2D eigenvalue weighted by molar-refractivity contribution is 5.78. The number of rotatable bonds is 3. The zero-order valence-corrected chi connectivity index (χ0v) is 10.2. The SMILES string of the molecule is CCNC1CCC(N2CCNC(=O)C2)CC1. The molecule has 0 bridgehead atoms. The van der Waals surface area contributed by atoms with Gasteiger partial charge in [0.2, 0.25) is 5.91 Å². The van der Waals surface area contributed by atoms with E-state index in [0.717, 1.165) is 19.6 Å². The average Bonchev–Trinajstić information content (AvgIpc) is 2.30. The first-order valence-corrected chi connectivity index (χ1v) is 6.53. The maximum atomic E-state index is 11.3. The van der Waals surface area contributed by atoms with Crippen LogP contribution in [0.25, 0.3) is 0 Å². The highest BCUT2D eigenvalue weighted by atomic mass is 16.2. The third kappa shape index (κ3) is 2.95. The predicted molar refractivity (Wildman–Crippen MR) is 64.3 cm³/mol. The summed E-state index contributed by atoms with van der Waals surface area (Å²) in [5.41, 5.74) is 0. The molecule has 0 aromatic carbocycles. The number of amides is 1. The van der Waals surface area contributed by atoms with E-state index in [1.807, 2.05) is 0 Å². The molecule has 4 nitrogen and oxygen atoms in total. The molecule has 1 aliphatic heterocycles. The Balaban J connectivity index is 1.77. The molecule has 2 fully saturated rings. The van der Waals surface area contributed by atoms with E-state index < -0.39 is 0 Å². The van der Waals surface area contributed by atoms with Gasteiger partial charge < -0.3 is 10.6 Å². The van der Waals surface area contributed by atoms with Gasteiger partial charge in [-0.05, 0) is 32.2 Å². The van der Waals surface area contributed by atoms with Crippen molar-refractivity contribution >= 4 is 5.91 Å². The molecule has 0 aromatic rings. The van der Waals surface area contributed by atoms with Crippen LogP contribution in [0.4, 0.5) is 0 Å². The molecule has 0 radical (unpaired) electrons. The normalized spacial score (nSPS) is 32.4. The first kappa shape index (κ1) is 11.9. The molecule has 1 saturated carbocycles. The molecule has 1 aliphatic carbocycles. The van der Waals surface area contributed by atoms with Gasteiger partial charge in [0.1, 0.15) is 0 Å². The van der Waals surface area contributed by atoms with Crippen molar-refractivity contribution in [3.63, 3.8) is 0 Å². The van der Waals surface area contributed by atoms with Gasteiger partial charge in [0.05, 0.1) is 6.54 Å². The summed E-state index contributed by atoms with van der Waals surface area (Å²) in [6, 6.07) is 1.35. The van der Waals surface area contributed by atoms with Crippen molar-refractivity contribution in [2.24, 2.45) is 0 Å². The van der Waals surface area contributed by atoms with E-state index in [-0.39, 0.29) is 5.91 Å². The fraction of sp³-hybridized carbons (Fsp3) is 0.917. The van der Waals surface area contributed by atoms with Gasteiger partial charge in [-0.15, -0.1) is 0 Å². The maximum Gasteiger partial charge on any atom is 0.234 e. The summed E-state index contributed by atoms with van der Waals surface area (Å²) in [6.45, 7) is 5.70. The highest BCUT2D eigenvalue weighted by Crippen LogP contribution is 2.23. The van der Waals surface area contributed by atoms with E-state index in [1.165, 1.54) is 25.7 Å².